The van der Waals surface area contributed by atoms with Crippen LogP contribution in [0.3, 0.4) is 0 Å². The van der Waals surface area contributed by atoms with E-state index in [0.717, 1.165) is 25.2 Å². The smallest absolute Gasteiger partial charge is 0.225 e. The third-order valence-electron chi connectivity index (χ3n) is 6.07. The molecule has 1 aliphatic carbocycles. The monoisotopic (exact) mass is 381 g/mol. The third kappa shape index (κ3) is 4.65. The van der Waals surface area contributed by atoms with Crippen molar-refractivity contribution in [2.75, 3.05) is 0 Å². The number of nitrogens with zero attached hydrogens (tertiary/aromatic N) is 3. The van der Waals surface area contributed by atoms with Crippen LogP contribution in [-0.4, -0.2) is 26.4 Å². The molecule has 0 spiro atoms. The minimum atomic E-state index is 0.0203. The first kappa shape index (κ1) is 20.6. The molecule has 0 atom stereocenters. The number of imidazole rings is 1. The molecule has 1 aromatic heterocycles. The minimum Gasteiger partial charge on any atom is -0.332 e. The Balaban J connectivity index is 1.84. The lowest BCUT2D eigenvalue weighted by atomic mass is 9.93. The van der Waals surface area contributed by atoms with Gasteiger partial charge in [-0.25, -0.2) is 4.98 Å². The van der Waals surface area contributed by atoms with Gasteiger partial charge in [-0.1, -0.05) is 50.8 Å². The van der Waals surface area contributed by atoms with Crippen LogP contribution in [0, 0.1) is 26.7 Å². The fraction of sp³-hybridized carbons (Fsp3) is 0.583. The van der Waals surface area contributed by atoms with Gasteiger partial charge in [0.15, 0.2) is 0 Å². The van der Waals surface area contributed by atoms with Crippen LogP contribution in [0.2, 0.25) is 0 Å². The Morgan fingerprint density at radius 2 is 1.79 bits per heavy atom. The van der Waals surface area contributed by atoms with Gasteiger partial charge in [-0.05, 0) is 50.3 Å². The van der Waals surface area contributed by atoms with Gasteiger partial charge in [0.05, 0.1) is 6.54 Å². The van der Waals surface area contributed by atoms with Crippen LogP contribution in [0.15, 0.2) is 24.5 Å². The second-order valence-electron chi connectivity index (χ2n) is 8.76. The molecule has 1 amide bonds. The third-order valence-corrected chi connectivity index (χ3v) is 6.07. The SMILES string of the molecule is Cc1cc(C)c(Cn2ccnc2CN(C(=O)C(C)C)C2CCCCC2)c(C)c1. The summed E-state index contributed by atoms with van der Waals surface area (Å²) in [5.41, 5.74) is 5.29. The molecule has 2 aromatic rings. The fourth-order valence-electron chi connectivity index (χ4n) is 4.53. The van der Waals surface area contributed by atoms with E-state index in [1.165, 1.54) is 41.5 Å². The van der Waals surface area contributed by atoms with E-state index in [9.17, 15) is 4.79 Å². The lowest BCUT2D eigenvalue weighted by molar-refractivity contribution is -0.138. The zero-order valence-electron chi connectivity index (χ0n) is 18.2. The zero-order valence-corrected chi connectivity index (χ0v) is 18.2. The summed E-state index contributed by atoms with van der Waals surface area (Å²) in [5, 5.41) is 0. The van der Waals surface area contributed by atoms with Crippen molar-refractivity contribution in [3.8, 4) is 0 Å². The van der Waals surface area contributed by atoms with Crippen LogP contribution in [-0.2, 0) is 17.9 Å². The average Bonchev–Trinajstić information content (AvgIpc) is 3.09. The molecule has 1 heterocycles. The summed E-state index contributed by atoms with van der Waals surface area (Å²) >= 11 is 0. The van der Waals surface area contributed by atoms with E-state index in [1.54, 1.807) is 0 Å². The molecule has 0 unspecified atom stereocenters. The van der Waals surface area contributed by atoms with E-state index in [2.05, 4.69) is 47.4 Å². The van der Waals surface area contributed by atoms with Crippen LogP contribution < -0.4 is 0 Å². The van der Waals surface area contributed by atoms with Crippen LogP contribution in [0.25, 0.3) is 0 Å². The van der Waals surface area contributed by atoms with E-state index < -0.39 is 0 Å². The van der Waals surface area contributed by atoms with Gasteiger partial charge in [0.1, 0.15) is 5.82 Å². The van der Waals surface area contributed by atoms with E-state index in [1.807, 2.05) is 26.2 Å². The molecule has 0 bridgehead atoms. The normalized spacial score (nSPS) is 15.2. The van der Waals surface area contributed by atoms with Gasteiger partial charge in [-0.15, -0.1) is 0 Å². The molecule has 4 nitrogen and oxygen atoms in total. The average molecular weight is 382 g/mol. The highest BCUT2D eigenvalue weighted by molar-refractivity contribution is 5.78. The fourth-order valence-corrected chi connectivity index (χ4v) is 4.53. The van der Waals surface area contributed by atoms with Crippen molar-refractivity contribution in [2.45, 2.75) is 85.9 Å². The number of hydrogen-bond acceptors (Lipinski definition) is 2. The van der Waals surface area contributed by atoms with Gasteiger partial charge < -0.3 is 9.47 Å². The Morgan fingerprint density at radius 3 is 2.39 bits per heavy atom. The van der Waals surface area contributed by atoms with Crippen LogP contribution in [0.4, 0.5) is 0 Å². The number of aryl methyl sites for hydroxylation is 3. The minimum absolute atomic E-state index is 0.0203. The number of aromatic nitrogens is 2. The maximum atomic E-state index is 13.0. The number of amides is 1. The number of carbonyl (C=O) groups excluding carboxylic acids is 1. The summed E-state index contributed by atoms with van der Waals surface area (Å²) in [6.07, 6.45) is 9.90. The van der Waals surface area contributed by atoms with Crippen LogP contribution in [0.5, 0.6) is 0 Å². The van der Waals surface area contributed by atoms with Crippen molar-refractivity contribution in [2.24, 2.45) is 5.92 Å². The summed E-state index contributed by atoms with van der Waals surface area (Å²) in [7, 11) is 0. The van der Waals surface area contributed by atoms with Crippen molar-refractivity contribution < 1.29 is 4.79 Å². The Labute approximate surface area is 170 Å². The summed E-state index contributed by atoms with van der Waals surface area (Å²) in [4.78, 5) is 19.7. The summed E-state index contributed by atoms with van der Waals surface area (Å²) < 4.78 is 2.22. The maximum absolute atomic E-state index is 13.0. The molecule has 0 N–H and O–H groups in total. The standard InChI is InChI=1S/C24H35N3O/c1-17(2)24(28)27(21-9-7-6-8-10-21)16-23-25-11-12-26(23)15-22-19(4)13-18(3)14-20(22)5/h11-14,17,21H,6-10,15-16H2,1-5H3. The molecule has 3 rings (SSSR count). The van der Waals surface area contributed by atoms with Crippen molar-refractivity contribution >= 4 is 5.91 Å². The largest absolute Gasteiger partial charge is 0.332 e. The molecule has 1 saturated carbocycles. The van der Waals surface area contributed by atoms with E-state index >= 15 is 0 Å². The lowest BCUT2D eigenvalue weighted by Gasteiger charge is -2.35. The number of rotatable bonds is 6. The van der Waals surface area contributed by atoms with Gasteiger partial charge in [0, 0.05) is 30.9 Å². The molecule has 0 aliphatic heterocycles. The van der Waals surface area contributed by atoms with E-state index in [-0.39, 0.29) is 11.8 Å². The first-order valence-corrected chi connectivity index (χ1v) is 10.7. The zero-order chi connectivity index (χ0) is 20.3. The number of hydrogen-bond donors (Lipinski definition) is 0. The lowest BCUT2D eigenvalue weighted by Crippen LogP contribution is -2.43. The molecular weight excluding hydrogens is 346 g/mol. The van der Waals surface area contributed by atoms with Crippen molar-refractivity contribution in [3.63, 3.8) is 0 Å². The quantitative estimate of drug-likeness (QED) is 0.692. The van der Waals surface area contributed by atoms with E-state index in [4.69, 9.17) is 0 Å². The van der Waals surface area contributed by atoms with Crippen molar-refractivity contribution in [3.05, 3.63) is 52.6 Å². The van der Waals surface area contributed by atoms with Crippen LogP contribution in [0.1, 0.15) is 74.0 Å². The molecule has 4 heteroatoms. The number of benzene rings is 1. The van der Waals surface area contributed by atoms with Crippen LogP contribution >= 0.6 is 0 Å². The molecule has 1 fully saturated rings. The highest BCUT2D eigenvalue weighted by Crippen LogP contribution is 2.26. The van der Waals surface area contributed by atoms with Gasteiger partial charge >= 0.3 is 0 Å². The summed E-state index contributed by atoms with van der Waals surface area (Å²) in [5.74, 6) is 1.26. The predicted octanol–water partition coefficient (Wildman–Crippen LogP) is 5.17. The Hall–Kier alpha value is -2.10. The highest BCUT2D eigenvalue weighted by atomic mass is 16.2. The Morgan fingerprint density at radius 1 is 1.14 bits per heavy atom. The second-order valence-corrected chi connectivity index (χ2v) is 8.76. The molecule has 1 aliphatic rings. The predicted molar refractivity (Wildman–Crippen MR) is 114 cm³/mol. The summed E-state index contributed by atoms with van der Waals surface area (Å²) in [6, 6.07) is 4.85. The molecule has 0 saturated heterocycles. The maximum Gasteiger partial charge on any atom is 0.225 e. The van der Waals surface area contributed by atoms with Gasteiger partial charge in [-0.3, -0.25) is 4.79 Å². The first-order chi connectivity index (χ1) is 13.4. The van der Waals surface area contributed by atoms with E-state index in [0.29, 0.717) is 12.6 Å². The topological polar surface area (TPSA) is 38.1 Å². The molecule has 0 radical (unpaired) electrons. The highest BCUT2D eigenvalue weighted by Gasteiger charge is 2.28. The van der Waals surface area contributed by atoms with Crippen molar-refractivity contribution in [1.82, 2.24) is 14.5 Å². The molecule has 1 aromatic carbocycles. The Kier molecular flexibility index (Phi) is 6.58. The second kappa shape index (κ2) is 8.93. The molecular formula is C24H35N3O. The number of carbonyl (C=O) groups is 1. The van der Waals surface area contributed by atoms with Gasteiger partial charge in [0.25, 0.3) is 0 Å². The van der Waals surface area contributed by atoms with Crippen molar-refractivity contribution in [1.29, 1.82) is 0 Å². The molecule has 152 valence electrons. The Bertz CT molecular complexity index is 792. The van der Waals surface area contributed by atoms with Gasteiger partial charge in [0.2, 0.25) is 5.91 Å². The van der Waals surface area contributed by atoms with Gasteiger partial charge in [-0.2, -0.15) is 0 Å². The summed E-state index contributed by atoms with van der Waals surface area (Å²) in [6.45, 7) is 11.9. The molecule has 28 heavy (non-hydrogen) atoms. The first-order valence-electron chi connectivity index (χ1n) is 10.7.